The Kier molecular flexibility index (Phi) is 6.49. The Balaban J connectivity index is 2.78. The van der Waals surface area contributed by atoms with E-state index in [0.717, 1.165) is 8.26 Å². The second-order valence-corrected chi connectivity index (χ2v) is 7.73. The van der Waals surface area contributed by atoms with Crippen molar-refractivity contribution < 1.29 is 9.59 Å². The van der Waals surface area contributed by atoms with Gasteiger partial charge in [0.25, 0.3) is 5.91 Å². The maximum absolute atomic E-state index is 12.1. The first kappa shape index (κ1) is 16.7. The summed E-state index contributed by atoms with van der Waals surface area (Å²) in [6, 6.07) is 1.23. The van der Waals surface area contributed by atoms with Crippen molar-refractivity contribution in [1.82, 2.24) is 10.6 Å². The SMILES string of the molecule is CNC(=O)C(CC(C)C)NC(=O)c1cc(Br)c(Br)s1. The van der Waals surface area contributed by atoms with Gasteiger partial charge in [0.15, 0.2) is 0 Å². The third kappa shape index (κ3) is 4.89. The van der Waals surface area contributed by atoms with E-state index in [1.807, 2.05) is 13.8 Å². The molecule has 7 heteroatoms. The molecule has 1 aromatic rings. The molecule has 0 saturated heterocycles. The number of carbonyl (C=O) groups excluding carboxylic acids is 2. The van der Waals surface area contributed by atoms with Crippen LogP contribution in [-0.4, -0.2) is 24.9 Å². The highest BCUT2D eigenvalue weighted by atomic mass is 79.9. The van der Waals surface area contributed by atoms with E-state index in [-0.39, 0.29) is 11.8 Å². The lowest BCUT2D eigenvalue weighted by molar-refractivity contribution is -0.122. The van der Waals surface area contributed by atoms with Gasteiger partial charge >= 0.3 is 0 Å². The van der Waals surface area contributed by atoms with Crippen LogP contribution in [0.1, 0.15) is 29.9 Å². The van der Waals surface area contributed by atoms with Gasteiger partial charge < -0.3 is 10.6 Å². The van der Waals surface area contributed by atoms with Crippen molar-refractivity contribution >= 4 is 55.0 Å². The predicted molar refractivity (Wildman–Crippen MR) is 84.5 cm³/mol. The summed E-state index contributed by atoms with van der Waals surface area (Å²) in [5.74, 6) is -0.0770. The Labute approximate surface area is 133 Å². The standard InChI is InChI=1S/C12H16Br2N2O2S/c1-6(2)4-8(11(17)15-3)16-12(18)9-5-7(13)10(14)19-9/h5-6,8H,4H2,1-3H3,(H,15,17)(H,16,18). The van der Waals surface area contributed by atoms with Gasteiger partial charge in [-0.1, -0.05) is 13.8 Å². The Morgan fingerprint density at radius 3 is 2.42 bits per heavy atom. The summed E-state index contributed by atoms with van der Waals surface area (Å²) in [5, 5.41) is 5.35. The van der Waals surface area contributed by atoms with E-state index in [1.54, 1.807) is 13.1 Å². The number of halogens is 2. The summed E-state index contributed by atoms with van der Waals surface area (Å²) in [6.45, 7) is 4.03. The number of hydrogen-bond acceptors (Lipinski definition) is 3. The van der Waals surface area contributed by atoms with Crippen LogP contribution in [0, 0.1) is 5.92 Å². The maximum Gasteiger partial charge on any atom is 0.262 e. The minimum atomic E-state index is -0.503. The van der Waals surface area contributed by atoms with Crippen LogP contribution in [0.15, 0.2) is 14.3 Å². The topological polar surface area (TPSA) is 58.2 Å². The molecule has 106 valence electrons. The van der Waals surface area contributed by atoms with Crippen molar-refractivity contribution in [2.24, 2.45) is 5.92 Å². The van der Waals surface area contributed by atoms with E-state index < -0.39 is 6.04 Å². The van der Waals surface area contributed by atoms with Gasteiger partial charge in [0.1, 0.15) is 6.04 Å². The summed E-state index contributed by atoms with van der Waals surface area (Å²) < 4.78 is 1.70. The molecule has 0 bridgehead atoms. The normalized spacial score (nSPS) is 12.3. The molecule has 1 unspecified atom stereocenters. The van der Waals surface area contributed by atoms with Gasteiger partial charge in [-0.3, -0.25) is 9.59 Å². The molecule has 2 N–H and O–H groups in total. The summed E-state index contributed by atoms with van der Waals surface area (Å²) in [6.07, 6.45) is 0.610. The molecule has 0 spiro atoms. The van der Waals surface area contributed by atoms with Crippen molar-refractivity contribution in [2.45, 2.75) is 26.3 Å². The highest BCUT2D eigenvalue weighted by Crippen LogP contribution is 2.32. The molecule has 1 heterocycles. The number of rotatable bonds is 5. The minimum Gasteiger partial charge on any atom is -0.357 e. The zero-order valence-corrected chi connectivity index (χ0v) is 14.9. The summed E-state index contributed by atoms with van der Waals surface area (Å²) in [4.78, 5) is 24.4. The van der Waals surface area contributed by atoms with Crippen LogP contribution >= 0.6 is 43.2 Å². The molecule has 0 radical (unpaired) electrons. The number of hydrogen-bond donors (Lipinski definition) is 2. The van der Waals surface area contributed by atoms with E-state index in [4.69, 9.17) is 0 Å². The molecule has 2 amide bonds. The number of nitrogens with one attached hydrogen (secondary N) is 2. The average Bonchev–Trinajstić information content (AvgIpc) is 2.67. The Bertz CT molecular complexity index is 455. The first-order chi connectivity index (χ1) is 8.85. The quantitative estimate of drug-likeness (QED) is 0.781. The van der Waals surface area contributed by atoms with Crippen LogP contribution in [0.4, 0.5) is 0 Å². The van der Waals surface area contributed by atoms with Crippen LogP contribution in [0.5, 0.6) is 0 Å². The van der Waals surface area contributed by atoms with Crippen molar-refractivity contribution in [3.8, 4) is 0 Å². The zero-order valence-electron chi connectivity index (χ0n) is 10.9. The minimum absolute atomic E-state index is 0.170. The molecule has 0 aromatic carbocycles. The Morgan fingerprint density at radius 2 is 2.00 bits per heavy atom. The number of carbonyl (C=O) groups is 2. The highest BCUT2D eigenvalue weighted by Gasteiger charge is 2.22. The van der Waals surface area contributed by atoms with Crippen molar-refractivity contribution in [2.75, 3.05) is 7.05 Å². The van der Waals surface area contributed by atoms with Gasteiger partial charge in [0, 0.05) is 11.5 Å². The van der Waals surface area contributed by atoms with Gasteiger partial charge in [-0.05, 0) is 50.3 Å². The second-order valence-electron chi connectivity index (χ2n) is 4.50. The van der Waals surface area contributed by atoms with E-state index >= 15 is 0 Å². The van der Waals surface area contributed by atoms with Crippen molar-refractivity contribution in [3.05, 3.63) is 19.2 Å². The molecule has 19 heavy (non-hydrogen) atoms. The van der Waals surface area contributed by atoms with Gasteiger partial charge in [0.2, 0.25) is 5.91 Å². The summed E-state index contributed by atoms with van der Waals surface area (Å²) in [5.41, 5.74) is 0. The number of thiophene rings is 1. The van der Waals surface area contributed by atoms with E-state index in [2.05, 4.69) is 42.5 Å². The molecule has 1 rings (SSSR count). The smallest absolute Gasteiger partial charge is 0.262 e. The van der Waals surface area contributed by atoms with Crippen LogP contribution < -0.4 is 10.6 Å². The van der Waals surface area contributed by atoms with Crippen LogP contribution in [0.2, 0.25) is 0 Å². The number of amides is 2. The summed E-state index contributed by atoms with van der Waals surface area (Å²) in [7, 11) is 1.57. The molecule has 0 aliphatic carbocycles. The first-order valence-corrected chi connectivity index (χ1v) is 8.22. The molecule has 1 aromatic heterocycles. The van der Waals surface area contributed by atoms with E-state index in [1.165, 1.54) is 11.3 Å². The van der Waals surface area contributed by atoms with E-state index in [0.29, 0.717) is 17.2 Å². The van der Waals surface area contributed by atoms with Crippen molar-refractivity contribution in [3.63, 3.8) is 0 Å². The molecule has 0 aliphatic heterocycles. The van der Waals surface area contributed by atoms with Gasteiger partial charge in [0.05, 0.1) is 8.66 Å². The van der Waals surface area contributed by atoms with Crippen LogP contribution in [0.3, 0.4) is 0 Å². The molecule has 4 nitrogen and oxygen atoms in total. The third-order valence-electron chi connectivity index (χ3n) is 2.44. The fourth-order valence-electron chi connectivity index (χ4n) is 1.57. The first-order valence-electron chi connectivity index (χ1n) is 5.82. The largest absolute Gasteiger partial charge is 0.357 e. The second kappa shape index (κ2) is 7.40. The Morgan fingerprint density at radius 1 is 1.37 bits per heavy atom. The molecular weight excluding hydrogens is 396 g/mol. The van der Waals surface area contributed by atoms with Crippen LogP contribution in [0.25, 0.3) is 0 Å². The fraction of sp³-hybridized carbons (Fsp3) is 0.500. The molecule has 1 atom stereocenters. The van der Waals surface area contributed by atoms with E-state index in [9.17, 15) is 9.59 Å². The Hall–Kier alpha value is -0.400. The zero-order chi connectivity index (χ0) is 14.6. The van der Waals surface area contributed by atoms with Gasteiger partial charge in [-0.2, -0.15) is 0 Å². The monoisotopic (exact) mass is 410 g/mol. The van der Waals surface area contributed by atoms with Crippen molar-refractivity contribution in [1.29, 1.82) is 0 Å². The summed E-state index contributed by atoms with van der Waals surface area (Å²) >= 11 is 8.01. The lowest BCUT2D eigenvalue weighted by atomic mass is 10.0. The molecular formula is C12H16Br2N2O2S. The molecule has 0 fully saturated rings. The predicted octanol–water partition coefficient (Wildman–Crippen LogP) is 3.16. The third-order valence-corrected chi connectivity index (χ3v) is 5.70. The number of likely N-dealkylation sites (N-methyl/N-ethyl adjacent to an activating group) is 1. The van der Waals surface area contributed by atoms with Crippen LogP contribution in [-0.2, 0) is 4.79 Å². The molecule has 0 aliphatic rings. The molecule has 0 saturated carbocycles. The average molecular weight is 412 g/mol. The highest BCUT2D eigenvalue weighted by molar-refractivity contribution is 9.13. The van der Waals surface area contributed by atoms with Gasteiger partial charge in [-0.25, -0.2) is 0 Å². The lowest BCUT2D eigenvalue weighted by Gasteiger charge is -2.18. The fourth-order valence-corrected chi connectivity index (χ4v) is 3.50. The lowest BCUT2D eigenvalue weighted by Crippen LogP contribution is -2.46. The van der Waals surface area contributed by atoms with Gasteiger partial charge in [-0.15, -0.1) is 11.3 Å². The maximum atomic E-state index is 12.1.